The first-order chi connectivity index (χ1) is 12.8. The van der Waals surface area contributed by atoms with Crippen LogP contribution in [0.4, 0.5) is 0 Å². The maximum Gasteiger partial charge on any atom is 0.200 e. The van der Waals surface area contributed by atoms with Crippen molar-refractivity contribution < 1.29 is 4.43 Å². The maximum absolute atomic E-state index is 7.12. The van der Waals surface area contributed by atoms with Crippen LogP contribution in [0.25, 0.3) is 11.2 Å². The van der Waals surface area contributed by atoms with Gasteiger partial charge in [-0.05, 0) is 41.9 Å². The molecule has 0 bridgehead atoms. The molecule has 150 valence electrons. The van der Waals surface area contributed by atoms with E-state index in [2.05, 4.69) is 61.1 Å². The van der Waals surface area contributed by atoms with Gasteiger partial charge in [0.05, 0.1) is 18.6 Å². The van der Waals surface area contributed by atoms with E-state index in [1.54, 1.807) is 12.5 Å². The molecule has 2 heterocycles. The van der Waals surface area contributed by atoms with Crippen molar-refractivity contribution in [1.29, 1.82) is 0 Å². The lowest BCUT2D eigenvalue weighted by Crippen LogP contribution is -2.51. The maximum atomic E-state index is 7.12. The molecule has 1 fully saturated rings. The summed E-state index contributed by atoms with van der Waals surface area (Å²) in [6.07, 6.45) is 7.50. The molecule has 1 aliphatic carbocycles. The Morgan fingerprint density at radius 1 is 1.11 bits per heavy atom. The second-order valence-electron chi connectivity index (χ2n) is 8.98. The molecule has 3 atom stereocenters. The highest BCUT2D eigenvalue weighted by molar-refractivity contribution is 6.77. The van der Waals surface area contributed by atoms with Gasteiger partial charge in [0.1, 0.15) is 11.8 Å². The molecule has 27 heavy (non-hydrogen) atoms. The SMILES string of the molecule is CC(C)[Si](O[C@H]1C[C@H](n2cnc3cncnc32)C[C@@H]1CN)(C(C)C)C(C)C. The molecule has 0 aromatic carbocycles. The number of hydrogen-bond donors (Lipinski definition) is 1. The molecular weight excluding hydrogens is 354 g/mol. The Kier molecular flexibility index (Phi) is 6.03. The van der Waals surface area contributed by atoms with Crippen molar-refractivity contribution in [3.8, 4) is 0 Å². The van der Waals surface area contributed by atoms with Crippen LogP contribution in [0, 0.1) is 5.92 Å². The summed E-state index contributed by atoms with van der Waals surface area (Å²) in [5, 5.41) is 0. The molecule has 2 aromatic rings. The Balaban J connectivity index is 1.88. The summed E-state index contributed by atoms with van der Waals surface area (Å²) >= 11 is 0. The van der Waals surface area contributed by atoms with Crippen LogP contribution >= 0.6 is 0 Å². The molecule has 2 aromatic heterocycles. The van der Waals surface area contributed by atoms with E-state index >= 15 is 0 Å². The summed E-state index contributed by atoms with van der Waals surface area (Å²) < 4.78 is 9.32. The summed E-state index contributed by atoms with van der Waals surface area (Å²) in [6.45, 7) is 14.7. The van der Waals surface area contributed by atoms with Crippen LogP contribution in [0.5, 0.6) is 0 Å². The number of nitrogens with zero attached hydrogens (tertiary/aromatic N) is 4. The molecule has 6 nitrogen and oxygen atoms in total. The molecule has 0 spiro atoms. The molecule has 1 saturated carbocycles. The smallest absolute Gasteiger partial charge is 0.200 e. The van der Waals surface area contributed by atoms with E-state index in [4.69, 9.17) is 10.2 Å². The molecule has 7 heteroatoms. The van der Waals surface area contributed by atoms with E-state index in [1.165, 1.54) is 0 Å². The first-order valence-electron chi connectivity index (χ1n) is 10.3. The van der Waals surface area contributed by atoms with E-state index < -0.39 is 8.32 Å². The minimum Gasteiger partial charge on any atom is -0.413 e. The minimum atomic E-state index is -1.92. The van der Waals surface area contributed by atoms with Crippen molar-refractivity contribution in [3.05, 3.63) is 18.9 Å². The van der Waals surface area contributed by atoms with Crippen LogP contribution < -0.4 is 5.73 Å². The van der Waals surface area contributed by atoms with Gasteiger partial charge in [-0.3, -0.25) is 0 Å². The van der Waals surface area contributed by atoms with Gasteiger partial charge in [-0.2, -0.15) is 0 Å². The Bertz CT molecular complexity index is 738. The van der Waals surface area contributed by atoms with E-state index in [9.17, 15) is 0 Å². The van der Waals surface area contributed by atoms with Gasteiger partial charge in [0, 0.05) is 6.04 Å². The predicted molar refractivity (Wildman–Crippen MR) is 112 cm³/mol. The van der Waals surface area contributed by atoms with Crippen molar-refractivity contribution in [2.24, 2.45) is 11.7 Å². The highest BCUT2D eigenvalue weighted by Gasteiger charge is 2.49. The largest absolute Gasteiger partial charge is 0.413 e. The molecule has 0 radical (unpaired) electrons. The van der Waals surface area contributed by atoms with Gasteiger partial charge in [0.25, 0.3) is 0 Å². The number of aromatic nitrogens is 4. The Hall–Kier alpha value is -1.31. The zero-order valence-electron chi connectivity index (χ0n) is 17.6. The fourth-order valence-corrected chi connectivity index (χ4v) is 11.0. The summed E-state index contributed by atoms with van der Waals surface area (Å²) in [6, 6.07) is 0.335. The van der Waals surface area contributed by atoms with Crippen LogP contribution in [-0.4, -0.2) is 40.5 Å². The van der Waals surface area contributed by atoms with Crippen LogP contribution in [0.15, 0.2) is 18.9 Å². The lowest BCUT2D eigenvalue weighted by molar-refractivity contribution is 0.136. The third-order valence-electron chi connectivity index (χ3n) is 6.60. The second kappa shape index (κ2) is 7.97. The van der Waals surface area contributed by atoms with Gasteiger partial charge in [0.15, 0.2) is 5.65 Å². The third-order valence-corrected chi connectivity index (χ3v) is 12.7. The lowest BCUT2D eigenvalue weighted by atomic mass is 10.1. The zero-order valence-corrected chi connectivity index (χ0v) is 18.6. The summed E-state index contributed by atoms with van der Waals surface area (Å²) in [5.74, 6) is 0.386. The highest BCUT2D eigenvalue weighted by Crippen LogP contribution is 2.47. The summed E-state index contributed by atoms with van der Waals surface area (Å²) in [5.41, 5.74) is 9.68. The van der Waals surface area contributed by atoms with Gasteiger partial charge >= 0.3 is 0 Å². The molecule has 0 saturated heterocycles. The summed E-state index contributed by atoms with van der Waals surface area (Å²) in [7, 11) is -1.92. The predicted octanol–water partition coefficient (Wildman–Crippen LogP) is 4.30. The summed E-state index contributed by atoms with van der Waals surface area (Å²) in [4.78, 5) is 13.0. The monoisotopic (exact) mass is 389 g/mol. The van der Waals surface area contributed by atoms with Gasteiger partial charge in [-0.1, -0.05) is 41.5 Å². The number of fused-ring (bicyclic) bond motifs is 1. The number of hydrogen-bond acceptors (Lipinski definition) is 5. The fraction of sp³-hybridized carbons (Fsp3) is 0.750. The van der Waals surface area contributed by atoms with Gasteiger partial charge in [-0.25, -0.2) is 15.0 Å². The fourth-order valence-electron chi connectivity index (χ4n) is 5.40. The quantitative estimate of drug-likeness (QED) is 0.714. The second-order valence-corrected chi connectivity index (χ2v) is 14.4. The van der Waals surface area contributed by atoms with Crippen LogP contribution in [-0.2, 0) is 4.43 Å². The van der Waals surface area contributed by atoms with Gasteiger partial charge in [0.2, 0.25) is 8.32 Å². The third kappa shape index (κ3) is 3.57. The zero-order chi connectivity index (χ0) is 19.8. The first kappa shape index (κ1) is 20.4. The Morgan fingerprint density at radius 3 is 2.37 bits per heavy atom. The van der Waals surface area contributed by atoms with E-state index in [0.717, 1.165) is 24.0 Å². The van der Waals surface area contributed by atoms with Gasteiger partial charge in [-0.15, -0.1) is 0 Å². The van der Waals surface area contributed by atoms with E-state index in [1.807, 2.05) is 6.33 Å². The molecule has 1 aliphatic rings. The van der Waals surface area contributed by atoms with Crippen molar-refractivity contribution in [3.63, 3.8) is 0 Å². The Labute approximate surface area is 164 Å². The molecular formula is C20H35N5OSi. The van der Waals surface area contributed by atoms with Crippen LogP contribution in [0.1, 0.15) is 60.4 Å². The normalized spacial score (nSPS) is 24.0. The molecule has 0 unspecified atom stereocenters. The van der Waals surface area contributed by atoms with E-state index in [0.29, 0.717) is 35.1 Å². The topological polar surface area (TPSA) is 78.8 Å². The molecule has 2 N–H and O–H groups in total. The number of imidazole rings is 1. The Morgan fingerprint density at radius 2 is 1.78 bits per heavy atom. The minimum absolute atomic E-state index is 0.221. The highest BCUT2D eigenvalue weighted by atomic mass is 28.4. The van der Waals surface area contributed by atoms with Gasteiger partial charge < -0.3 is 14.7 Å². The van der Waals surface area contributed by atoms with Crippen LogP contribution in [0.3, 0.4) is 0 Å². The molecule has 3 rings (SSSR count). The molecule has 0 aliphatic heterocycles. The number of nitrogens with two attached hydrogens (primary N) is 1. The van der Waals surface area contributed by atoms with E-state index in [-0.39, 0.29) is 6.10 Å². The average molecular weight is 390 g/mol. The standard InChI is InChI=1S/C20H35N5OSi/c1-13(2)27(14(3)4,15(5)6)26-19-8-17(7-16(19)9-21)25-12-24-18-10-22-11-23-20(18)25/h10-17,19H,7-9,21H2,1-6H3/t16-,17-,19+/m1/s1. The van der Waals surface area contributed by atoms with Crippen molar-refractivity contribution in [2.75, 3.05) is 6.54 Å². The van der Waals surface area contributed by atoms with Crippen molar-refractivity contribution >= 4 is 19.5 Å². The molecule has 0 amide bonds. The number of rotatable bonds is 7. The lowest BCUT2D eigenvalue weighted by Gasteiger charge is -2.45. The first-order valence-corrected chi connectivity index (χ1v) is 12.5. The average Bonchev–Trinajstić information content (AvgIpc) is 3.22. The van der Waals surface area contributed by atoms with Crippen molar-refractivity contribution in [2.45, 2.75) is 83.2 Å². The van der Waals surface area contributed by atoms with Crippen molar-refractivity contribution in [1.82, 2.24) is 19.5 Å². The van der Waals surface area contributed by atoms with Crippen LogP contribution in [0.2, 0.25) is 16.6 Å².